The first-order chi connectivity index (χ1) is 11.1. The highest BCUT2D eigenvalue weighted by molar-refractivity contribution is 7.99. The second-order valence-corrected chi connectivity index (χ2v) is 6.81. The zero-order valence-electron chi connectivity index (χ0n) is 13.3. The molecule has 1 rings (SSSR count). The largest absolute Gasteiger partial charge is 0.478 e. The number of aromatic carboxylic acids is 1. The Labute approximate surface area is 143 Å². The molecule has 0 aromatic heterocycles. The van der Waals surface area contributed by atoms with Gasteiger partial charge in [-0.3, -0.25) is 0 Å². The van der Waals surface area contributed by atoms with Crippen LogP contribution in [0.3, 0.4) is 0 Å². The predicted molar refractivity (Wildman–Crippen MR) is 78.6 cm³/mol. The van der Waals surface area contributed by atoms with Crippen LogP contribution in [0.1, 0.15) is 35.3 Å². The van der Waals surface area contributed by atoms with Crippen LogP contribution < -0.4 is 0 Å². The average Bonchev–Trinajstić information content (AvgIpc) is 2.41. The van der Waals surface area contributed by atoms with Gasteiger partial charge in [-0.2, -0.15) is 26.3 Å². The Morgan fingerprint density at radius 1 is 1.08 bits per heavy atom. The molecule has 0 bridgehead atoms. The van der Waals surface area contributed by atoms with E-state index < -0.39 is 40.0 Å². The van der Waals surface area contributed by atoms with E-state index in [2.05, 4.69) is 0 Å². The lowest BCUT2D eigenvalue weighted by Gasteiger charge is -2.32. The first-order valence-electron chi connectivity index (χ1n) is 6.97. The Morgan fingerprint density at radius 3 is 1.92 bits per heavy atom. The van der Waals surface area contributed by atoms with Crippen LogP contribution in [0, 0.1) is 12.8 Å². The number of carboxylic acids is 1. The van der Waals surface area contributed by atoms with Gasteiger partial charge in [0, 0.05) is 16.2 Å². The summed E-state index contributed by atoms with van der Waals surface area (Å²) in [6, 6.07) is 0.804. The third-order valence-electron chi connectivity index (χ3n) is 3.35. The number of hydrogen-bond acceptors (Lipinski definition) is 2. The van der Waals surface area contributed by atoms with Gasteiger partial charge >= 0.3 is 24.0 Å². The van der Waals surface area contributed by atoms with Crippen molar-refractivity contribution in [1.29, 1.82) is 0 Å². The SMILES string of the molecule is Cc1c(C(=O)O)ccc(C(F)(C(F)(F)F)C(F)(F)F)c1SCC(C)C. The fourth-order valence-electron chi connectivity index (χ4n) is 2.10. The molecule has 1 aromatic carbocycles. The van der Waals surface area contributed by atoms with Gasteiger partial charge in [0.2, 0.25) is 0 Å². The van der Waals surface area contributed by atoms with Crippen LogP contribution in [0.15, 0.2) is 17.0 Å². The van der Waals surface area contributed by atoms with E-state index in [0.29, 0.717) is 17.8 Å². The molecule has 0 atom stereocenters. The number of carboxylic acid groups (broad SMARTS) is 1. The fraction of sp³-hybridized carbons (Fsp3) is 0.533. The molecule has 10 heteroatoms. The van der Waals surface area contributed by atoms with Crippen molar-refractivity contribution in [3.63, 3.8) is 0 Å². The van der Waals surface area contributed by atoms with Gasteiger partial charge in [0.15, 0.2) is 0 Å². The molecule has 0 aliphatic rings. The minimum Gasteiger partial charge on any atom is -0.478 e. The number of hydrogen-bond donors (Lipinski definition) is 1. The van der Waals surface area contributed by atoms with Gasteiger partial charge < -0.3 is 5.11 Å². The van der Waals surface area contributed by atoms with Gasteiger partial charge in [-0.15, -0.1) is 11.8 Å². The monoisotopic (exact) mass is 392 g/mol. The molecule has 2 nitrogen and oxygen atoms in total. The molecule has 0 unspecified atom stereocenters. The lowest BCUT2D eigenvalue weighted by molar-refractivity contribution is -0.349. The van der Waals surface area contributed by atoms with Crippen LogP contribution in [0.25, 0.3) is 0 Å². The molecule has 0 amide bonds. The second-order valence-electron chi connectivity index (χ2n) is 5.78. The minimum absolute atomic E-state index is 0.0860. The van der Waals surface area contributed by atoms with E-state index >= 15 is 0 Å². The van der Waals surface area contributed by atoms with Crippen molar-refractivity contribution in [2.45, 2.75) is 43.7 Å². The first-order valence-corrected chi connectivity index (χ1v) is 7.95. The van der Waals surface area contributed by atoms with Crippen molar-refractivity contribution in [1.82, 2.24) is 0 Å². The molecule has 142 valence electrons. The van der Waals surface area contributed by atoms with Crippen LogP contribution in [0.4, 0.5) is 30.7 Å². The highest BCUT2D eigenvalue weighted by atomic mass is 32.2. The van der Waals surface area contributed by atoms with Gasteiger partial charge in [-0.25, -0.2) is 9.18 Å². The lowest BCUT2D eigenvalue weighted by Crippen LogP contribution is -2.50. The molecule has 0 spiro atoms. The third-order valence-corrected chi connectivity index (χ3v) is 5.00. The van der Waals surface area contributed by atoms with Crippen molar-refractivity contribution in [3.8, 4) is 0 Å². The molecule has 0 saturated carbocycles. The number of rotatable bonds is 5. The quantitative estimate of drug-likeness (QED) is 0.514. The van der Waals surface area contributed by atoms with Crippen molar-refractivity contribution in [3.05, 3.63) is 28.8 Å². The second kappa shape index (κ2) is 7.05. The van der Waals surface area contributed by atoms with Crippen LogP contribution in [-0.2, 0) is 5.67 Å². The number of alkyl halides is 7. The van der Waals surface area contributed by atoms with E-state index in [1.54, 1.807) is 13.8 Å². The maximum atomic E-state index is 14.4. The van der Waals surface area contributed by atoms with E-state index in [4.69, 9.17) is 5.11 Å². The lowest BCUT2D eigenvalue weighted by atomic mass is 9.91. The Morgan fingerprint density at radius 2 is 1.56 bits per heavy atom. The average molecular weight is 392 g/mol. The van der Waals surface area contributed by atoms with Gasteiger partial charge in [-0.1, -0.05) is 19.9 Å². The normalized spacial score (nSPS) is 13.4. The molecule has 0 aliphatic heterocycles. The number of thioether (sulfide) groups is 1. The van der Waals surface area contributed by atoms with Crippen LogP contribution in [0.2, 0.25) is 0 Å². The minimum atomic E-state index is -6.25. The summed E-state index contributed by atoms with van der Waals surface area (Å²) in [4.78, 5) is 10.5. The van der Waals surface area contributed by atoms with Crippen LogP contribution in [0.5, 0.6) is 0 Å². The molecule has 0 saturated heterocycles. The Balaban J connectivity index is 3.77. The molecule has 0 fully saturated rings. The van der Waals surface area contributed by atoms with Crippen molar-refractivity contribution >= 4 is 17.7 Å². The summed E-state index contributed by atoms with van der Waals surface area (Å²) >= 11 is 0.569. The summed E-state index contributed by atoms with van der Waals surface area (Å²) < 4.78 is 92.6. The highest BCUT2D eigenvalue weighted by Crippen LogP contribution is 2.55. The predicted octanol–water partition coefficient (Wildman–Crippen LogP) is 5.73. The summed E-state index contributed by atoms with van der Waals surface area (Å²) in [5, 5.41) is 9.03. The third kappa shape index (κ3) is 4.04. The van der Waals surface area contributed by atoms with E-state index in [1.807, 2.05) is 0 Å². The summed E-state index contributed by atoms with van der Waals surface area (Å²) in [7, 11) is 0. The molecule has 25 heavy (non-hydrogen) atoms. The van der Waals surface area contributed by atoms with Gasteiger partial charge in [0.25, 0.3) is 0 Å². The van der Waals surface area contributed by atoms with Crippen LogP contribution in [-0.4, -0.2) is 29.2 Å². The van der Waals surface area contributed by atoms with Gasteiger partial charge in [0.05, 0.1) is 5.56 Å². The fourth-order valence-corrected chi connectivity index (χ4v) is 3.29. The molecule has 1 aromatic rings. The summed E-state index contributed by atoms with van der Waals surface area (Å²) in [5.74, 6) is -1.57. The van der Waals surface area contributed by atoms with Crippen molar-refractivity contribution < 1.29 is 40.6 Å². The number of carbonyl (C=O) groups is 1. The molecule has 1 N–H and O–H groups in total. The molecular weight excluding hydrogens is 377 g/mol. The molecular formula is C15H15F7O2S. The Hall–Kier alpha value is -1.45. The summed E-state index contributed by atoms with van der Waals surface area (Å²) in [6.45, 7) is 4.39. The standard InChI is InChI=1S/C15H15F7O2S/c1-7(2)6-25-11-8(3)9(12(23)24)4-5-10(11)13(16,14(17,18)19)15(20,21)22/h4-5,7H,6H2,1-3H3,(H,23,24). The number of benzene rings is 1. The summed E-state index contributed by atoms with van der Waals surface area (Å²) in [5.41, 5.74) is -8.06. The van der Waals surface area contributed by atoms with Gasteiger partial charge in [0.1, 0.15) is 0 Å². The van der Waals surface area contributed by atoms with E-state index in [-0.39, 0.29) is 23.3 Å². The zero-order valence-corrected chi connectivity index (χ0v) is 14.2. The molecule has 0 aliphatic carbocycles. The zero-order chi connectivity index (χ0) is 19.8. The smallest absolute Gasteiger partial charge is 0.435 e. The van der Waals surface area contributed by atoms with E-state index in [1.165, 1.54) is 0 Å². The maximum Gasteiger partial charge on any atom is 0.435 e. The maximum absolute atomic E-state index is 14.4. The van der Waals surface area contributed by atoms with Crippen molar-refractivity contribution in [2.75, 3.05) is 5.75 Å². The number of halogens is 7. The Kier molecular flexibility index (Phi) is 6.09. The topological polar surface area (TPSA) is 37.3 Å². The van der Waals surface area contributed by atoms with E-state index in [0.717, 1.165) is 6.92 Å². The van der Waals surface area contributed by atoms with Crippen LogP contribution >= 0.6 is 11.8 Å². The summed E-state index contributed by atoms with van der Waals surface area (Å²) in [6.07, 6.45) is -12.5. The highest BCUT2D eigenvalue weighted by Gasteiger charge is 2.74. The van der Waals surface area contributed by atoms with Gasteiger partial charge in [-0.05, 0) is 24.5 Å². The van der Waals surface area contributed by atoms with Crippen molar-refractivity contribution in [2.24, 2.45) is 5.92 Å². The first kappa shape index (κ1) is 21.6. The Bertz CT molecular complexity index is 637. The van der Waals surface area contributed by atoms with E-state index in [9.17, 15) is 35.5 Å². The molecule has 0 radical (unpaired) electrons. The molecule has 0 heterocycles.